The van der Waals surface area contributed by atoms with Gasteiger partial charge in [0.2, 0.25) is 0 Å². The van der Waals surface area contributed by atoms with Gasteiger partial charge in [-0.2, -0.15) is 0 Å². The number of aliphatic imine (C=N–C) groups is 1. The number of hydrogen-bond acceptors (Lipinski definition) is 4. The summed E-state index contributed by atoms with van der Waals surface area (Å²) in [5, 5.41) is 3.54. The molecule has 2 aliphatic rings. The van der Waals surface area contributed by atoms with Crippen LogP contribution in [0.15, 0.2) is 46.1 Å². The summed E-state index contributed by atoms with van der Waals surface area (Å²) in [6.07, 6.45) is 6.54. The Morgan fingerprint density at radius 1 is 1.22 bits per heavy atom. The smallest absolute Gasteiger partial charge is 0.194 e. The second-order valence-corrected chi connectivity index (χ2v) is 6.74. The van der Waals surface area contributed by atoms with Gasteiger partial charge < -0.3 is 19.5 Å². The number of anilines is 1. The highest BCUT2D eigenvalue weighted by Gasteiger charge is 2.27. The number of nitrogens with one attached hydrogen (secondary N) is 1. The van der Waals surface area contributed by atoms with Gasteiger partial charge in [0, 0.05) is 51.4 Å². The van der Waals surface area contributed by atoms with E-state index in [1.165, 1.54) is 18.9 Å². The topological polar surface area (TPSA) is 56.9 Å². The van der Waals surface area contributed by atoms with Crippen LogP contribution in [0.2, 0.25) is 0 Å². The summed E-state index contributed by atoms with van der Waals surface area (Å²) in [6, 6.07) is 7.51. The molecule has 2 fully saturated rings. The van der Waals surface area contributed by atoms with E-state index in [0.717, 1.165) is 44.3 Å². The van der Waals surface area contributed by atoms with Gasteiger partial charge in [-0.25, -0.2) is 9.37 Å². The molecule has 0 unspecified atom stereocenters. The van der Waals surface area contributed by atoms with Gasteiger partial charge in [-0.1, -0.05) is 0 Å². The molecule has 27 heavy (non-hydrogen) atoms. The van der Waals surface area contributed by atoms with E-state index < -0.39 is 0 Å². The fourth-order valence-electron chi connectivity index (χ4n) is 3.11. The predicted octanol–water partition coefficient (Wildman–Crippen LogP) is 2.90. The predicted molar refractivity (Wildman–Crippen MR) is 114 cm³/mol. The van der Waals surface area contributed by atoms with Gasteiger partial charge in [0.1, 0.15) is 5.76 Å². The largest absolute Gasteiger partial charge is 0.469 e. The third kappa shape index (κ3) is 5.33. The Bertz CT molecular complexity index is 742. The van der Waals surface area contributed by atoms with Crippen LogP contribution in [-0.2, 0) is 6.42 Å². The molecule has 0 spiro atoms. The van der Waals surface area contributed by atoms with Crippen molar-refractivity contribution in [2.45, 2.75) is 25.3 Å². The summed E-state index contributed by atoms with van der Waals surface area (Å²) >= 11 is 0. The lowest BCUT2D eigenvalue weighted by molar-refractivity contribution is 0.368. The normalized spacial score (nSPS) is 17.6. The molecular weight excluding hydrogens is 460 g/mol. The van der Waals surface area contributed by atoms with E-state index in [9.17, 15) is 4.39 Å². The highest BCUT2D eigenvalue weighted by Crippen LogP contribution is 2.20. The summed E-state index contributed by atoms with van der Waals surface area (Å²) in [5.74, 6) is 2.10. The molecule has 1 saturated carbocycles. The zero-order chi connectivity index (χ0) is 17.8. The number of aromatic nitrogens is 1. The van der Waals surface area contributed by atoms with Crippen molar-refractivity contribution in [3.8, 4) is 0 Å². The van der Waals surface area contributed by atoms with Crippen molar-refractivity contribution in [2.75, 3.05) is 37.6 Å². The van der Waals surface area contributed by atoms with Gasteiger partial charge in [0.15, 0.2) is 17.6 Å². The zero-order valence-corrected chi connectivity index (χ0v) is 17.5. The highest BCUT2D eigenvalue weighted by molar-refractivity contribution is 14.0. The number of furan rings is 1. The van der Waals surface area contributed by atoms with Crippen LogP contribution < -0.4 is 10.2 Å². The minimum absolute atomic E-state index is 0. The first-order valence-corrected chi connectivity index (χ1v) is 9.23. The average molecular weight is 485 g/mol. The first kappa shape index (κ1) is 19.9. The van der Waals surface area contributed by atoms with E-state index in [4.69, 9.17) is 9.41 Å². The van der Waals surface area contributed by atoms with Crippen LogP contribution in [0, 0.1) is 5.82 Å². The first-order chi connectivity index (χ1) is 12.8. The molecule has 4 rings (SSSR count). The number of rotatable bonds is 5. The molecule has 0 bridgehead atoms. The Hall–Kier alpha value is -1.84. The minimum atomic E-state index is -0.260. The van der Waals surface area contributed by atoms with Crippen molar-refractivity contribution >= 4 is 35.8 Å². The summed E-state index contributed by atoms with van der Waals surface area (Å²) in [5.41, 5.74) is 0. The van der Waals surface area contributed by atoms with Crippen LogP contribution in [0.3, 0.4) is 0 Å². The lowest BCUT2D eigenvalue weighted by atomic mass is 10.3. The Morgan fingerprint density at radius 2 is 2.04 bits per heavy atom. The summed E-state index contributed by atoms with van der Waals surface area (Å²) in [4.78, 5) is 13.2. The van der Waals surface area contributed by atoms with Gasteiger partial charge >= 0.3 is 0 Å². The van der Waals surface area contributed by atoms with Crippen LogP contribution in [0.1, 0.15) is 18.6 Å². The van der Waals surface area contributed by atoms with Crippen LogP contribution in [0.25, 0.3) is 0 Å². The van der Waals surface area contributed by atoms with E-state index in [1.54, 1.807) is 18.5 Å². The second kappa shape index (κ2) is 9.38. The quantitative estimate of drug-likeness (QED) is 0.401. The average Bonchev–Trinajstić information content (AvgIpc) is 3.34. The molecule has 1 aliphatic carbocycles. The fourth-order valence-corrected chi connectivity index (χ4v) is 3.11. The van der Waals surface area contributed by atoms with Crippen molar-refractivity contribution in [1.29, 1.82) is 0 Å². The highest BCUT2D eigenvalue weighted by atomic mass is 127. The van der Waals surface area contributed by atoms with Crippen LogP contribution >= 0.6 is 24.0 Å². The maximum Gasteiger partial charge on any atom is 0.194 e. The Kier molecular flexibility index (Phi) is 6.92. The molecular formula is C19H25FIN5O. The first-order valence-electron chi connectivity index (χ1n) is 9.23. The van der Waals surface area contributed by atoms with Gasteiger partial charge in [-0.15, -0.1) is 24.0 Å². The number of pyridine rings is 1. The van der Waals surface area contributed by atoms with Gasteiger partial charge in [0.25, 0.3) is 0 Å². The third-order valence-electron chi connectivity index (χ3n) is 4.73. The standard InChI is InChI=1S/C19H24FN5O.HI/c20-17-4-1-8-21-18(17)24-10-12-25(13-11-24)19(23-15-5-6-15)22-9-7-16-3-2-14-26-16;/h1-4,8,14-15H,5-7,9-13H2,(H,22,23);1H. The van der Waals surface area contributed by atoms with Gasteiger partial charge in [-0.05, 0) is 37.1 Å². The SMILES string of the molecule is Fc1cccnc1N1CCN(C(=NCCc2ccco2)NC2CC2)CC1.I. The Labute approximate surface area is 175 Å². The van der Waals surface area contributed by atoms with E-state index in [0.29, 0.717) is 18.4 Å². The molecule has 2 aromatic rings. The fraction of sp³-hybridized carbons (Fsp3) is 0.474. The molecule has 1 saturated heterocycles. The van der Waals surface area contributed by atoms with Crippen molar-refractivity contribution in [2.24, 2.45) is 4.99 Å². The summed E-state index contributed by atoms with van der Waals surface area (Å²) in [6.45, 7) is 3.76. The van der Waals surface area contributed by atoms with E-state index in [2.05, 4.69) is 15.2 Å². The van der Waals surface area contributed by atoms with Crippen molar-refractivity contribution in [3.05, 3.63) is 48.3 Å². The lowest BCUT2D eigenvalue weighted by Crippen LogP contribution is -2.53. The third-order valence-corrected chi connectivity index (χ3v) is 4.73. The van der Waals surface area contributed by atoms with Gasteiger partial charge in [-0.3, -0.25) is 4.99 Å². The van der Waals surface area contributed by atoms with Crippen molar-refractivity contribution in [1.82, 2.24) is 15.2 Å². The number of halogens is 2. The molecule has 3 heterocycles. The lowest BCUT2D eigenvalue weighted by Gasteiger charge is -2.37. The molecule has 146 valence electrons. The summed E-state index contributed by atoms with van der Waals surface area (Å²) in [7, 11) is 0. The van der Waals surface area contributed by atoms with Gasteiger partial charge in [0.05, 0.1) is 6.26 Å². The Balaban J connectivity index is 0.00000210. The number of hydrogen-bond donors (Lipinski definition) is 1. The van der Waals surface area contributed by atoms with Crippen LogP contribution in [0.5, 0.6) is 0 Å². The molecule has 1 N–H and O–H groups in total. The number of nitrogens with zero attached hydrogens (tertiary/aromatic N) is 4. The van der Waals surface area contributed by atoms with Crippen molar-refractivity contribution < 1.29 is 8.81 Å². The summed E-state index contributed by atoms with van der Waals surface area (Å²) < 4.78 is 19.3. The molecule has 8 heteroatoms. The maximum atomic E-state index is 13.9. The number of guanidine groups is 1. The molecule has 0 aromatic carbocycles. The molecule has 0 radical (unpaired) electrons. The van der Waals surface area contributed by atoms with Crippen molar-refractivity contribution in [3.63, 3.8) is 0 Å². The molecule has 2 aromatic heterocycles. The number of piperazine rings is 1. The van der Waals surface area contributed by atoms with Crippen LogP contribution in [0.4, 0.5) is 10.2 Å². The molecule has 1 aliphatic heterocycles. The molecule has 0 amide bonds. The van der Waals surface area contributed by atoms with E-state index >= 15 is 0 Å². The zero-order valence-electron chi connectivity index (χ0n) is 15.2. The second-order valence-electron chi connectivity index (χ2n) is 6.74. The van der Waals surface area contributed by atoms with E-state index in [1.807, 2.05) is 17.0 Å². The van der Waals surface area contributed by atoms with Crippen LogP contribution in [-0.4, -0.2) is 54.6 Å². The van der Waals surface area contributed by atoms with E-state index in [-0.39, 0.29) is 29.8 Å². The minimum Gasteiger partial charge on any atom is -0.469 e. The monoisotopic (exact) mass is 485 g/mol. The Morgan fingerprint density at radius 3 is 2.70 bits per heavy atom. The molecule has 0 atom stereocenters. The molecule has 6 nitrogen and oxygen atoms in total. The maximum absolute atomic E-state index is 13.9.